The van der Waals surface area contributed by atoms with Crippen LogP contribution in [0.15, 0.2) is 16.6 Å². The summed E-state index contributed by atoms with van der Waals surface area (Å²) in [7, 11) is -0.126. The zero-order chi connectivity index (χ0) is 16.4. The monoisotopic (exact) mass is 335 g/mol. The standard InChI is InChI=1S/C10H11F6NO3Si/c11-9(12,13)5-19-8(20-6-10(14,15)16)4-21-3-1-2-17-7-18/h4H,1-3,5-6H2. The van der Waals surface area contributed by atoms with Gasteiger partial charge in [-0.1, -0.05) is 6.04 Å². The highest BCUT2D eigenvalue weighted by atomic mass is 28.2. The molecule has 0 aliphatic carbocycles. The number of hydrogen-bond acceptors (Lipinski definition) is 4. The fraction of sp³-hybridized carbons (Fsp3) is 0.700. The Hall–Kier alpha value is -1.48. The summed E-state index contributed by atoms with van der Waals surface area (Å²) in [6.45, 7) is -3.29. The predicted molar refractivity (Wildman–Crippen MR) is 60.3 cm³/mol. The van der Waals surface area contributed by atoms with Gasteiger partial charge < -0.3 is 9.47 Å². The van der Waals surface area contributed by atoms with Gasteiger partial charge >= 0.3 is 12.4 Å². The lowest BCUT2D eigenvalue weighted by Crippen LogP contribution is -2.21. The van der Waals surface area contributed by atoms with E-state index >= 15 is 0 Å². The molecule has 0 aromatic rings. The number of halogens is 6. The van der Waals surface area contributed by atoms with E-state index in [0.717, 1.165) is 5.70 Å². The van der Waals surface area contributed by atoms with E-state index in [0.29, 0.717) is 12.5 Å². The Morgan fingerprint density at radius 1 is 1.10 bits per heavy atom. The second-order valence-corrected chi connectivity index (χ2v) is 4.75. The molecule has 0 heterocycles. The maximum Gasteiger partial charge on any atom is 0.422 e. The van der Waals surface area contributed by atoms with Crippen molar-refractivity contribution in [2.24, 2.45) is 4.99 Å². The number of ether oxygens (including phenoxy) is 2. The molecule has 0 rings (SSSR count). The number of hydrogen-bond donors (Lipinski definition) is 0. The highest BCUT2D eigenvalue weighted by molar-refractivity contribution is 6.42. The van der Waals surface area contributed by atoms with E-state index in [1.54, 1.807) is 0 Å². The van der Waals surface area contributed by atoms with E-state index in [4.69, 9.17) is 0 Å². The number of nitrogens with zero attached hydrogens (tertiary/aromatic N) is 1. The van der Waals surface area contributed by atoms with Gasteiger partial charge in [0.05, 0.1) is 16.1 Å². The number of carbonyl (C=O) groups excluding carboxylic acids is 1. The van der Waals surface area contributed by atoms with Gasteiger partial charge in [0.25, 0.3) is 5.95 Å². The molecular weight excluding hydrogens is 324 g/mol. The third-order valence-corrected chi connectivity index (χ3v) is 2.71. The molecule has 0 aliphatic heterocycles. The normalized spacial score (nSPS) is 11.5. The van der Waals surface area contributed by atoms with Gasteiger partial charge in [0.2, 0.25) is 6.08 Å². The Morgan fingerprint density at radius 3 is 2.05 bits per heavy atom. The number of isocyanates is 1. The minimum Gasteiger partial charge on any atom is -0.456 e. The van der Waals surface area contributed by atoms with Crippen LogP contribution in [0.25, 0.3) is 0 Å². The first-order valence-corrected chi connectivity index (χ1v) is 6.79. The third kappa shape index (κ3) is 14.7. The first-order valence-electron chi connectivity index (χ1n) is 5.50. The van der Waals surface area contributed by atoms with Gasteiger partial charge in [0, 0.05) is 0 Å². The molecule has 0 amide bonds. The van der Waals surface area contributed by atoms with Gasteiger partial charge in [-0.05, 0) is 12.1 Å². The van der Waals surface area contributed by atoms with Crippen LogP contribution >= 0.6 is 0 Å². The van der Waals surface area contributed by atoms with E-state index in [1.165, 1.54) is 6.08 Å². The summed E-state index contributed by atoms with van der Waals surface area (Å²) in [5.41, 5.74) is 1.02. The molecule has 0 saturated carbocycles. The summed E-state index contributed by atoms with van der Waals surface area (Å²) in [5.74, 6) is -0.818. The van der Waals surface area contributed by atoms with Crippen molar-refractivity contribution < 1.29 is 40.6 Å². The van der Waals surface area contributed by atoms with E-state index < -0.39 is 31.5 Å². The lowest BCUT2D eigenvalue weighted by atomic mass is 10.5. The number of alkyl halides is 6. The van der Waals surface area contributed by atoms with Crippen molar-refractivity contribution in [3.63, 3.8) is 0 Å². The van der Waals surface area contributed by atoms with Gasteiger partial charge in [-0.2, -0.15) is 26.3 Å². The molecule has 0 spiro atoms. The topological polar surface area (TPSA) is 47.9 Å². The smallest absolute Gasteiger partial charge is 0.422 e. The third-order valence-electron chi connectivity index (χ3n) is 1.63. The molecule has 0 N–H and O–H groups in total. The van der Waals surface area contributed by atoms with E-state index in [2.05, 4.69) is 14.5 Å². The summed E-state index contributed by atoms with van der Waals surface area (Å²) in [6, 6.07) is 0.416. The lowest BCUT2D eigenvalue weighted by molar-refractivity contribution is -0.198. The molecule has 0 atom stereocenters. The Morgan fingerprint density at radius 2 is 1.62 bits per heavy atom. The molecule has 0 aromatic carbocycles. The van der Waals surface area contributed by atoms with Crippen molar-refractivity contribution in [1.82, 2.24) is 0 Å². The molecular formula is C10H11F6NO3Si. The fourth-order valence-electron chi connectivity index (χ4n) is 0.892. The molecule has 0 unspecified atom stereocenters. The summed E-state index contributed by atoms with van der Waals surface area (Å²) in [5, 5.41) is 0. The van der Waals surface area contributed by atoms with Crippen molar-refractivity contribution in [2.75, 3.05) is 19.8 Å². The molecule has 2 radical (unpaired) electrons. The molecule has 0 aromatic heterocycles. The fourth-order valence-corrected chi connectivity index (χ4v) is 1.73. The van der Waals surface area contributed by atoms with Gasteiger partial charge in [-0.25, -0.2) is 9.79 Å². The Labute approximate surface area is 118 Å². The van der Waals surface area contributed by atoms with E-state index in [9.17, 15) is 31.1 Å². The van der Waals surface area contributed by atoms with Gasteiger partial charge in [-0.3, -0.25) is 0 Å². The molecule has 0 bridgehead atoms. The van der Waals surface area contributed by atoms with Crippen LogP contribution < -0.4 is 0 Å². The average molecular weight is 335 g/mol. The molecule has 11 heteroatoms. The SMILES string of the molecule is O=C=NCCC[Si]C=C(OCC(F)(F)F)OCC(F)(F)F. The Kier molecular flexibility index (Phi) is 8.79. The van der Waals surface area contributed by atoms with Crippen LogP contribution in [0.1, 0.15) is 6.42 Å². The zero-order valence-corrected chi connectivity index (χ0v) is 11.6. The minimum atomic E-state index is -4.68. The maximum absolute atomic E-state index is 11.9. The molecule has 0 fully saturated rings. The van der Waals surface area contributed by atoms with E-state index in [-0.39, 0.29) is 16.1 Å². The van der Waals surface area contributed by atoms with Crippen LogP contribution in [0.3, 0.4) is 0 Å². The average Bonchev–Trinajstić information content (AvgIpc) is 2.33. The van der Waals surface area contributed by atoms with Crippen LogP contribution in [0.2, 0.25) is 6.04 Å². The number of aliphatic imine (C=N–C) groups is 1. The quantitative estimate of drug-likeness (QED) is 0.163. The van der Waals surface area contributed by atoms with Gasteiger partial charge in [-0.15, -0.1) is 0 Å². The molecule has 120 valence electrons. The molecule has 0 aliphatic rings. The zero-order valence-electron chi connectivity index (χ0n) is 10.6. The second kappa shape index (κ2) is 9.45. The van der Waals surface area contributed by atoms with Gasteiger partial charge in [0.1, 0.15) is 0 Å². The van der Waals surface area contributed by atoms with Crippen LogP contribution in [-0.4, -0.2) is 47.7 Å². The van der Waals surface area contributed by atoms with Crippen molar-refractivity contribution >= 4 is 15.6 Å². The Bertz CT molecular complexity index is 356. The highest BCUT2D eigenvalue weighted by Gasteiger charge is 2.31. The van der Waals surface area contributed by atoms with E-state index in [1.807, 2.05) is 0 Å². The minimum absolute atomic E-state index is 0.126. The Balaban J connectivity index is 4.31. The lowest BCUT2D eigenvalue weighted by Gasteiger charge is -2.14. The largest absolute Gasteiger partial charge is 0.456 e. The molecule has 4 nitrogen and oxygen atoms in total. The van der Waals surface area contributed by atoms with Crippen molar-refractivity contribution in [3.05, 3.63) is 11.6 Å². The first kappa shape index (κ1) is 19.5. The molecule has 21 heavy (non-hydrogen) atoms. The first-order chi connectivity index (χ1) is 9.64. The van der Waals surface area contributed by atoms with Crippen molar-refractivity contribution in [2.45, 2.75) is 24.8 Å². The summed E-state index contributed by atoms with van der Waals surface area (Å²) < 4.78 is 80.0. The van der Waals surface area contributed by atoms with Crippen molar-refractivity contribution in [1.29, 1.82) is 0 Å². The number of rotatable bonds is 9. The summed E-state index contributed by atoms with van der Waals surface area (Å²) in [6.07, 6.45) is -7.61. The highest BCUT2D eigenvalue weighted by Crippen LogP contribution is 2.20. The van der Waals surface area contributed by atoms with Crippen LogP contribution in [0, 0.1) is 0 Å². The second-order valence-electron chi connectivity index (χ2n) is 3.55. The van der Waals surface area contributed by atoms with Crippen LogP contribution in [0.4, 0.5) is 26.3 Å². The van der Waals surface area contributed by atoms with Gasteiger partial charge in [0.15, 0.2) is 13.2 Å². The van der Waals surface area contributed by atoms with Crippen LogP contribution in [0.5, 0.6) is 0 Å². The molecule has 0 saturated heterocycles. The van der Waals surface area contributed by atoms with Crippen molar-refractivity contribution in [3.8, 4) is 0 Å². The summed E-state index contributed by atoms with van der Waals surface area (Å²) in [4.78, 5) is 13.0. The maximum atomic E-state index is 11.9. The van der Waals surface area contributed by atoms with Crippen LogP contribution in [-0.2, 0) is 14.3 Å². The predicted octanol–water partition coefficient (Wildman–Crippen LogP) is 2.79. The summed E-state index contributed by atoms with van der Waals surface area (Å²) >= 11 is 0.